The second-order valence-corrected chi connectivity index (χ2v) is 5.55. The SMILES string of the molecule is Cc1nn(C)c(C)c1/C=C/C(=O)N1CCC(C)CC1. The third-order valence-electron chi connectivity index (χ3n) is 4.05. The summed E-state index contributed by atoms with van der Waals surface area (Å²) in [6, 6.07) is 0. The van der Waals surface area contributed by atoms with E-state index in [1.165, 1.54) is 0 Å². The Labute approximate surface area is 115 Å². The first-order valence-corrected chi connectivity index (χ1v) is 6.96. The summed E-state index contributed by atoms with van der Waals surface area (Å²) in [5.41, 5.74) is 3.12. The van der Waals surface area contributed by atoms with Gasteiger partial charge in [0.25, 0.3) is 0 Å². The van der Waals surface area contributed by atoms with Gasteiger partial charge < -0.3 is 4.90 Å². The molecule has 0 radical (unpaired) electrons. The highest BCUT2D eigenvalue weighted by atomic mass is 16.2. The molecule has 0 saturated carbocycles. The molecule has 1 aliphatic heterocycles. The van der Waals surface area contributed by atoms with Gasteiger partial charge in [0.15, 0.2) is 0 Å². The summed E-state index contributed by atoms with van der Waals surface area (Å²) >= 11 is 0. The molecule has 19 heavy (non-hydrogen) atoms. The summed E-state index contributed by atoms with van der Waals surface area (Å²) < 4.78 is 1.85. The summed E-state index contributed by atoms with van der Waals surface area (Å²) in [6.07, 6.45) is 5.82. The van der Waals surface area contributed by atoms with Crippen molar-refractivity contribution in [2.45, 2.75) is 33.6 Å². The average Bonchev–Trinajstić information content (AvgIpc) is 2.62. The van der Waals surface area contributed by atoms with E-state index in [9.17, 15) is 4.79 Å². The van der Waals surface area contributed by atoms with Gasteiger partial charge in [0.1, 0.15) is 0 Å². The molecule has 0 bridgehead atoms. The van der Waals surface area contributed by atoms with Gasteiger partial charge in [0, 0.05) is 37.5 Å². The molecule has 1 aromatic heterocycles. The van der Waals surface area contributed by atoms with Crippen molar-refractivity contribution in [2.75, 3.05) is 13.1 Å². The van der Waals surface area contributed by atoms with Crippen molar-refractivity contribution in [1.29, 1.82) is 0 Å². The molecule has 2 heterocycles. The number of aromatic nitrogens is 2. The van der Waals surface area contributed by atoms with Gasteiger partial charge in [-0.05, 0) is 38.7 Å². The molecule has 2 rings (SSSR count). The van der Waals surface area contributed by atoms with Crippen LogP contribution < -0.4 is 0 Å². The van der Waals surface area contributed by atoms with Crippen LogP contribution in [-0.2, 0) is 11.8 Å². The predicted molar refractivity (Wildman–Crippen MR) is 76.7 cm³/mol. The molecular weight excluding hydrogens is 238 g/mol. The lowest BCUT2D eigenvalue weighted by Crippen LogP contribution is -2.36. The van der Waals surface area contributed by atoms with Gasteiger partial charge in [-0.25, -0.2) is 0 Å². The summed E-state index contributed by atoms with van der Waals surface area (Å²) in [5, 5.41) is 4.35. The first-order valence-electron chi connectivity index (χ1n) is 6.96. The number of carbonyl (C=O) groups excluding carboxylic acids is 1. The van der Waals surface area contributed by atoms with Crippen molar-refractivity contribution >= 4 is 12.0 Å². The third kappa shape index (κ3) is 3.06. The van der Waals surface area contributed by atoms with E-state index in [1.54, 1.807) is 6.08 Å². The van der Waals surface area contributed by atoms with E-state index in [2.05, 4.69) is 12.0 Å². The summed E-state index contributed by atoms with van der Waals surface area (Å²) in [7, 11) is 1.92. The Morgan fingerprint density at radius 3 is 2.47 bits per heavy atom. The molecule has 0 aromatic carbocycles. The van der Waals surface area contributed by atoms with Crippen molar-refractivity contribution in [3.05, 3.63) is 23.0 Å². The Balaban J connectivity index is 2.04. The van der Waals surface area contributed by atoms with Crippen molar-refractivity contribution in [1.82, 2.24) is 14.7 Å². The molecule has 0 aliphatic carbocycles. The molecule has 1 aromatic rings. The summed E-state index contributed by atoms with van der Waals surface area (Å²) in [5.74, 6) is 0.866. The zero-order valence-corrected chi connectivity index (χ0v) is 12.3. The molecule has 0 atom stereocenters. The number of hydrogen-bond acceptors (Lipinski definition) is 2. The quantitative estimate of drug-likeness (QED) is 0.766. The lowest BCUT2D eigenvalue weighted by atomic mass is 9.99. The minimum absolute atomic E-state index is 0.120. The molecule has 1 amide bonds. The fourth-order valence-electron chi connectivity index (χ4n) is 2.52. The predicted octanol–water partition coefficient (Wildman–Crippen LogP) is 2.31. The Kier molecular flexibility index (Phi) is 4.08. The first kappa shape index (κ1) is 13.8. The fourth-order valence-corrected chi connectivity index (χ4v) is 2.52. The smallest absolute Gasteiger partial charge is 0.246 e. The van der Waals surface area contributed by atoms with Crippen LogP contribution in [0.2, 0.25) is 0 Å². The van der Waals surface area contributed by atoms with Crippen molar-refractivity contribution < 1.29 is 4.79 Å². The van der Waals surface area contributed by atoms with E-state index >= 15 is 0 Å². The van der Waals surface area contributed by atoms with E-state index < -0.39 is 0 Å². The zero-order chi connectivity index (χ0) is 14.0. The summed E-state index contributed by atoms with van der Waals surface area (Å²) in [6.45, 7) is 8.01. The minimum Gasteiger partial charge on any atom is -0.339 e. The van der Waals surface area contributed by atoms with E-state index in [0.29, 0.717) is 0 Å². The molecule has 1 fully saturated rings. The van der Waals surface area contributed by atoms with Gasteiger partial charge in [-0.15, -0.1) is 0 Å². The normalized spacial score (nSPS) is 17.4. The molecule has 104 valence electrons. The van der Waals surface area contributed by atoms with Gasteiger partial charge in [-0.2, -0.15) is 5.10 Å². The van der Waals surface area contributed by atoms with Crippen LogP contribution in [0.1, 0.15) is 36.7 Å². The van der Waals surface area contributed by atoms with Crippen LogP contribution in [0.3, 0.4) is 0 Å². The lowest BCUT2D eigenvalue weighted by molar-refractivity contribution is -0.127. The molecule has 1 saturated heterocycles. The highest BCUT2D eigenvalue weighted by Gasteiger charge is 2.18. The second kappa shape index (κ2) is 5.59. The lowest BCUT2D eigenvalue weighted by Gasteiger charge is -2.29. The number of hydrogen-bond donors (Lipinski definition) is 0. The Bertz CT molecular complexity index is 494. The Morgan fingerprint density at radius 1 is 1.32 bits per heavy atom. The average molecular weight is 261 g/mol. The van der Waals surface area contributed by atoms with Crippen molar-refractivity contribution in [2.24, 2.45) is 13.0 Å². The maximum Gasteiger partial charge on any atom is 0.246 e. The van der Waals surface area contributed by atoms with Crippen LogP contribution in [0.25, 0.3) is 6.08 Å². The van der Waals surface area contributed by atoms with Crippen molar-refractivity contribution in [3.63, 3.8) is 0 Å². The number of amides is 1. The molecule has 0 N–H and O–H groups in total. The largest absolute Gasteiger partial charge is 0.339 e. The van der Waals surface area contributed by atoms with Crippen molar-refractivity contribution in [3.8, 4) is 0 Å². The number of carbonyl (C=O) groups is 1. The number of likely N-dealkylation sites (tertiary alicyclic amines) is 1. The number of rotatable bonds is 2. The topological polar surface area (TPSA) is 38.1 Å². The molecule has 1 aliphatic rings. The number of nitrogens with zero attached hydrogens (tertiary/aromatic N) is 3. The van der Waals surface area contributed by atoms with Gasteiger partial charge >= 0.3 is 0 Å². The molecule has 4 heteroatoms. The van der Waals surface area contributed by atoms with Crippen LogP contribution in [0.15, 0.2) is 6.08 Å². The number of piperidine rings is 1. The number of aryl methyl sites for hydroxylation is 2. The van der Waals surface area contributed by atoms with Gasteiger partial charge in [0.2, 0.25) is 5.91 Å². The zero-order valence-electron chi connectivity index (χ0n) is 12.3. The second-order valence-electron chi connectivity index (χ2n) is 5.55. The Morgan fingerprint density at radius 2 is 1.95 bits per heavy atom. The van der Waals surface area contributed by atoms with Gasteiger partial charge in [-0.1, -0.05) is 6.92 Å². The maximum absolute atomic E-state index is 12.1. The highest BCUT2D eigenvalue weighted by molar-refractivity contribution is 5.92. The van der Waals surface area contributed by atoms with Crippen LogP contribution >= 0.6 is 0 Å². The highest BCUT2D eigenvalue weighted by Crippen LogP contribution is 2.17. The maximum atomic E-state index is 12.1. The molecule has 0 unspecified atom stereocenters. The van der Waals surface area contributed by atoms with E-state index in [0.717, 1.165) is 48.8 Å². The van der Waals surface area contributed by atoms with Crippen LogP contribution in [-0.4, -0.2) is 33.7 Å². The van der Waals surface area contributed by atoms with Gasteiger partial charge in [0.05, 0.1) is 5.69 Å². The van der Waals surface area contributed by atoms with E-state index in [4.69, 9.17) is 0 Å². The minimum atomic E-state index is 0.120. The molecular formula is C15H23N3O. The summed E-state index contributed by atoms with van der Waals surface area (Å²) in [4.78, 5) is 14.1. The third-order valence-corrected chi connectivity index (χ3v) is 4.05. The Hall–Kier alpha value is -1.58. The first-order chi connectivity index (χ1) is 8.99. The monoisotopic (exact) mass is 261 g/mol. The van der Waals surface area contributed by atoms with Crippen LogP contribution in [0.5, 0.6) is 0 Å². The molecule has 4 nitrogen and oxygen atoms in total. The van der Waals surface area contributed by atoms with E-state index in [1.807, 2.05) is 36.6 Å². The molecule has 0 spiro atoms. The van der Waals surface area contributed by atoms with Gasteiger partial charge in [-0.3, -0.25) is 9.48 Å². The van der Waals surface area contributed by atoms with E-state index in [-0.39, 0.29) is 5.91 Å². The standard InChI is InChI=1S/C15H23N3O/c1-11-7-9-18(10-8-11)15(19)6-5-14-12(2)16-17(4)13(14)3/h5-6,11H,7-10H2,1-4H3/b6-5+. The fraction of sp³-hybridized carbons (Fsp3) is 0.600. The van der Waals surface area contributed by atoms with Crippen LogP contribution in [0, 0.1) is 19.8 Å². The van der Waals surface area contributed by atoms with Crippen LogP contribution in [0.4, 0.5) is 0 Å².